The van der Waals surface area contributed by atoms with Crippen molar-refractivity contribution >= 4 is 11.6 Å². The Labute approximate surface area is 125 Å². The number of fused-ring (bicyclic) bond motifs is 1. The van der Waals surface area contributed by atoms with Crippen LogP contribution >= 0.6 is 0 Å². The molecule has 0 saturated carbocycles. The van der Waals surface area contributed by atoms with E-state index in [4.69, 9.17) is 0 Å². The third-order valence-corrected chi connectivity index (χ3v) is 4.00. The number of nitrogens with zero attached hydrogens (tertiary/aromatic N) is 1. The molecule has 2 heterocycles. The zero-order chi connectivity index (χ0) is 16.0. The molecule has 22 heavy (non-hydrogen) atoms. The lowest BCUT2D eigenvalue weighted by Crippen LogP contribution is -2.33. The molecule has 0 spiro atoms. The molecule has 0 fully saturated rings. The average molecular weight is 306 g/mol. The Bertz CT molecular complexity index is 728. The number of amides is 1. The maximum atomic E-state index is 12.8. The summed E-state index contributed by atoms with van der Waals surface area (Å²) < 4.78 is 38.3. The minimum Gasteiger partial charge on any atom is -0.325 e. The van der Waals surface area contributed by atoms with E-state index in [1.165, 1.54) is 6.07 Å². The van der Waals surface area contributed by atoms with Crippen LogP contribution in [0.2, 0.25) is 0 Å². The van der Waals surface area contributed by atoms with Gasteiger partial charge >= 0.3 is 6.18 Å². The number of alkyl halides is 3. The van der Waals surface area contributed by atoms with Crippen LogP contribution in [0, 0.1) is 0 Å². The van der Waals surface area contributed by atoms with E-state index in [2.05, 4.69) is 10.3 Å². The number of benzene rings is 1. The van der Waals surface area contributed by atoms with E-state index in [1.54, 1.807) is 31.5 Å². The number of hydrogen-bond donors (Lipinski definition) is 1. The molecular formula is C16H13F3N2O. The second kappa shape index (κ2) is 4.83. The predicted molar refractivity (Wildman–Crippen MR) is 75.4 cm³/mol. The van der Waals surface area contributed by atoms with Crippen molar-refractivity contribution in [2.24, 2.45) is 0 Å². The molecule has 1 aromatic carbocycles. The van der Waals surface area contributed by atoms with Crippen molar-refractivity contribution in [2.75, 3.05) is 5.32 Å². The predicted octanol–water partition coefficient (Wildman–Crippen LogP) is 3.55. The largest absolute Gasteiger partial charge is 0.416 e. The highest BCUT2D eigenvalue weighted by Crippen LogP contribution is 2.42. The minimum atomic E-state index is -4.43. The molecule has 6 heteroatoms. The summed E-state index contributed by atoms with van der Waals surface area (Å²) in [5.41, 5.74) is 0.0691. The number of anilines is 1. The standard InChI is InChI=1S/C16H13F3N2O/c1-15(9-10-4-6-20-7-5-10)12-3-2-11(16(17,18)19)8-13(12)21-14(15)22/h2-8H,9H2,1H3,(H,21,22). The molecule has 0 radical (unpaired) electrons. The fourth-order valence-corrected chi connectivity index (χ4v) is 2.77. The first kappa shape index (κ1) is 14.6. The van der Waals surface area contributed by atoms with Crippen LogP contribution < -0.4 is 5.32 Å². The molecule has 1 atom stereocenters. The van der Waals surface area contributed by atoms with Crippen LogP contribution in [-0.2, 0) is 22.8 Å². The lowest BCUT2D eigenvalue weighted by atomic mass is 9.78. The molecule has 1 aliphatic rings. The first-order chi connectivity index (χ1) is 10.3. The first-order valence-electron chi connectivity index (χ1n) is 6.73. The fraction of sp³-hybridized carbons (Fsp3) is 0.250. The fourth-order valence-electron chi connectivity index (χ4n) is 2.77. The molecule has 1 aromatic heterocycles. The number of carbonyl (C=O) groups excluding carboxylic acids is 1. The summed E-state index contributed by atoms with van der Waals surface area (Å²) in [5.74, 6) is -0.293. The third-order valence-electron chi connectivity index (χ3n) is 4.00. The molecular weight excluding hydrogens is 293 g/mol. The van der Waals surface area contributed by atoms with Gasteiger partial charge in [-0.25, -0.2) is 0 Å². The number of nitrogens with one attached hydrogen (secondary N) is 1. The van der Waals surface area contributed by atoms with Crippen molar-refractivity contribution in [3.63, 3.8) is 0 Å². The number of aromatic nitrogens is 1. The number of halogens is 3. The van der Waals surface area contributed by atoms with Gasteiger partial charge in [0.1, 0.15) is 0 Å². The summed E-state index contributed by atoms with van der Waals surface area (Å²) in [6.07, 6.45) is -0.776. The average Bonchev–Trinajstić information content (AvgIpc) is 2.70. The lowest BCUT2D eigenvalue weighted by Gasteiger charge is -2.22. The summed E-state index contributed by atoms with van der Waals surface area (Å²) in [5, 5.41) is 2.57. The lowest BCUT2D eigenvalue weighted by molar-refractivity contribution is -0.137. The van der Waals surface area contributed by atoms with Crippen LogP contribution in [0.1, 0.15) is 23.6 Å². The highest BCUT2D eigenvalue weighted by atomic mass is 19.4. The van der Waals surface area contributed by atoms with Crippen LogP contribution in [0.5, 0.6) is 0 Å². The van der Waals surface area contributed by atoms with Gasteiger partial charge in [-0.15, -0.1) is 0 Å². The zero-order valence-electron chi connectivity index (χ0n) is 11.7. The SMILES string of the molecule is CC1(Cc2ccncc2)C(=O)Nc2cc(C(F)(F)F)ccc21. The molecule has 1 N–H and O–H groups in total. The Hall–Kier alpha value is -2.37. The van der Waals surface area contributed by atoms with Gasteiger partial charge < -0.3 is 5.32 Å². The Kier molecular flexibility index (Phi) is 3.20. The molecule has 2 aromatic rings. The van der Waals surface area contributed by atoms with Gasteiger partial charge in [0.25, 0.3) is 0 Å². The quantitative estimate of drug-likeness (QED) is 0.922. The van der Waals surface area contributed by atoms with Crippen LogP contribution in [-0.4, -0.2) is 10.9 Å². The van der Waals surface area contributed by atoms with E-state index in [0.717, 1.165) is 17.7 Å². The monoisotopic (exact) mass is 306 g/mol. The second-order valence-electron chi connectivity index (χ2n) is 5.58. The Balaban J connectivity index is 2.01. The van der Waals surface area contributed by atoms with Gasteiger partial charge in [-0.1, -0.05) is 6.07 Å². The molecule has 1 unspecified atom stereocenters. The van der Waals surface area contributed by atoms with E-state index in [-0.39, 0.29) is 11.6 Å². The van der Waals surface area contributed by atoms with E-state index in [9.17, 15) is 18.0 Å². The zero-order valence-corrected chi connectivity index (χ0v) is 11.7. The van der Waals surface area contributed by atoms with Gasteiger partial charge in [-0.3, -0.25) is 9.78 Å². The van der Waals surface area contributed by atoms with Crippen LogP contribution in [0.4, 0.5) is 18.9 Å². The van der Waals surface area contributed by atoms with Crippen LogP contribution in [0.25, 0.3) is 0 Å². The summed E-state index contributed by atoms with van der Waals surface area (Å²) in [4.78, 5) is 16.2. The third kappa shape index (κ3) is 2.34. The van der Waals surface area contributed by atoms with E-state index >= 15 is 0 Å². The first-order valence-corrected chi connectivity index (χ1v) is 6.73. The molecule has 0 bridgehead atoms. The maximum absolute atomic E-state index is 12.8. The van der Waals surface area contributed by atoms with Gasteiger partial charge in [0.15, 0.2) is 0 Å². The van der Waals surface area contributed by atoms with Crippen molar-refractivity contribution in [1.29, 1.82) is 0 Å². The molecule has 1 aliphatic heterocycles. The molecule has 0 aliphatic carbocycles. The van der Waals surface area contributed by atoms with E-state index in [1.807, 2.05) is 0 Å². The second-order valence-corrected chi connectivity index (χ2v) is 5.58. The van der Waals surface area contributed by atoms with Crippen molar-refractivity contribution < 1.29 is 18.0 Å². The highest BCUT2D eigenvalue weighted by molar-refractivity contribution is 6.06. The minimum absolute atomic E-state index is 0.233. The maximum Gasteiger partial charge on any atom is 0.416 e. The molecule has 114 valence electrons. The number of hydrogen-bond acceptors (Lipinski definition) is 2. The van der Waals surface area contributed by atoms with Crippen molar-refractivity contribution in [3.8, 4) is 0 Å². The summed E-state index contributed by atoms with van der Waals surface area (Å²) in [6, 6.07) is 6.98. The molecule has 3 rings (SSSR count). The topological polar surface area (TPSA) is 42.0 Å². The Morgan fingerprint density at radius 1 is 1.18 bits per heavy atom. The van der Waals surface area contributed by atoms with Gasteiger partial charge in [-0.2, -0.15) is 13.2 Å². The Morgan fingerprint density at radius 2 is 1.86 bits per heavy atom. The van der Waals surface area contributed by atoms with Crippen LogP contribution in [0.3, 0.4) is 0 Å². The van der Waals surface area contributed by atoms with E-state index in [0.29, 0.717) is 12.0 Å². The molecule has 0 saturated heterocycles. The number of pyridine rings is 1. The van der Waals surface area contributed by atoms with E-state index < -0.39 is 17.2 Å². The van der Waals surface area contributed by atoms with Crippen molar-refractivity contribution in [1.82, 2.24) is 4.98 Å². The Morgan fingerprint density at radius 3 is 2.50 bits per heavy atom. The van der Waals surface area contributed by atoms with Crippen molar-refractivity contribution in [3.05, 3.63) is 59.4 Å². The van der Waals surface area contributed by atoms with Gasteiger partial charge in [-0.05, 0) is 48.7 Å². The van der Waals surface area contributed by atoms with Gasteiger partial charge in [0, 0.05) is 18.1 Å². The molecule has 1 amide bonds. The van der Waals surface area contributed by atoms with Gasteiger partial charge in [0.2, 0.25) is 5.91 Å². The number of carbonyl (C=O) groups is 1. The summed E-state index contributed by atoms with van der Waals surface area (Å²) >= 11 is 0. The normalized spacial score (nSPS) is 20.6. The van der Waals surface area contributed by atoms with Gasteiger partial charge in [0.05, 0.1) is 11.0 Å². The summed E-state index contributed by atoms with van der Waals surface area (Å²) in [7, 11) is 0. The molecule has 3 nitrogen and oxygen atoms in total. The van der Waals surface area contributed by atoms with Crippen LogP contribution in [0.15, 0.2) is 42.7 Å². The highest BCUT2D eigenvalue weighted by Gasteiger charge is 2.44. The van der Waals surface area contributed by atoms with Crippen molar-refractivity contribution in [2.45, 2.75) is 24.9 Å². The smallest absolute Gasteiger partial charge is 0.325 e. The number of rotatable bonds is 2. The summed E-state index contributed by atoms with van der Waals surface area (Å²) in [6.45, 7) is 1.74.